The summed E-state index contributed by atoms with van der Waals surface area (Å²) in [6.07, 6.45) is 7.17. The van der Waals surface area contributed by atoms with Crippen LogP contribution in [0.3, 0.4) is 0 Å². The van der Waals surface area contributed by atoms with Crippen molar-refractivity contribution in [2.24, 2.45) is 0 Å². The summed E-state index contributed by atoms with van der Waals surface area (Å²) in [6.45, 7) is 0.373. The molecule has 0 saturated heterocycles. The van der Waals surface area contributed by atoms with Crippen molar-refractivity contribution in [1.29, 1.82) is 0 Å². The molecule has 198 valence electrons. The van der Waals surface area contributed by atoms with Gasteiger partial charge >= 0.3 is 0 Å². The van der Waals surface area contributed by atoms with E-state index in [1.54, 1.807) is 23.9 Å². The number of unbranched alkanes of at least 4 members (excludes halogenated alkanes) is 1. The quantitative estimate of drug-likeness (QED) is 0.170. The third-order valence-electron chi connectivity index (χ3n) is 6.14. The standard InChI is InChI=1S/C28H34N2O6S/c1-35-26-14-13-25(20-27(26)36-19-7-11-23-15-17-29-18-16-23)37(33,34)24(21-28(31)30-32)12-6-5-10-22-8-3-2-4-9-22/h2-4,8-9,13-18,20,24,32H,5-7,10-12,19,21H2,1H3,(H,30,31). The monoisotopic (exact) mass is 526 g/mol. The summed E-state index contributed by atoms with van der Waals surface area (Å²) in [5.74, 6) is 0.0147. The molecule has 0 fully saturated rings. The van der Waals surface area contributed by atoms with Gasteiger partial charge in [-0.1, -0.05) is 36.8 Å². The third kappa shape index (κ3) is 8.58. The van der Waals surface area contributed by atoms with Crippen LogP contribution in [0.25, 0.3) is 0 Å². The van der Waals surface area contributed by atoms with Crippen molar-refractivity contribution >= 4 is 15.7 Å². The highest BCUT2D eigenvalue weighted by Gasteiger charge is 2.30. The maximum atomic E-state index is 13.6. The minimum atomic E-state index is -3.89. The Kier molecular flexibility index (Phi) is 10.9. The molecule has 1 amide bonds. The first-order valence-electron chi connectivity index (χ1n) is 12.3. The van der Waals surface area contributed by atoms with Gasteiger partial charge in [0.1, 0.15) is 0 Å². The molecule has 0 bridgehead atoms. The smallest absolute Gasteiger partial charge is 0.244 e. The van der Waals surface area contributed by atoms with E-state index in [-0.39, 0.29) is 17.7 Å². The molecule has 1 atom stereocenters. The number of carbonyl (C=O) groups is 1. The average Bonchev–Trinajstić information content (AvgIpc) is 2.93. The Morgan fingerprint density at radius 1 is 0.946 bits per heavy atom. The summed E-state index contributed by atoms with van der Waals surface area (Å²) in [7, 11) is -2.39. The van der Waals surface area contributed by atoms with Gasteiger partial charge in [0.15, 0.2) is 21.3 Å². The van der Waals surface area contributed by atoms with Crippen LogP contribution >= 0.6 is 0 Å². The largest absolute Gasteiger partial charge is 0.493 e. The van der Waals surface area contributed by atoms with E-state index in [1.807, 2.05) is 42.5 Å². The predicted molar refractivity (Wildman–Crippen MR) is 141 cm³/mol. The van der Waals surface area contributed by atoms with E-state index < -0.39 is 21.0 Å². The van der Waals surface area contributed by atoms with Crippen LogP contribution in [0.4, 0.5) is 0 Å². The highest BCUT2D eigenvalue weighted by atomic mass is 32.2. The van der Waals surface area contributed by atoms with E-state index in [9.17, 15) is 13.2 Å². The van der Waals surface area contributed by atoms with Crippen LogP contribution < -0.4 is 15.0 Å². The fraction of sp³-hybridized carbons (Fsp3) is 0.357. The first-order chi connectivity index (χ1) is 17.9. The predicted octanol–water partition coefficient (Wildman–Crippen LogP) is 4.55. The molecular formula is C28H34N2O6S. The highest BCUT2D eigenvalue weighted by Crippen LogP contribution is 2.33. The van der Waals surface area contributed by atoms with Crippen LogP contribution in [0.2, 0.25) is 0 Å². The molecule has 3 aromatic rings. The molecule has 0 aliphatic heterocycles. The SMILES string of the molecule is COc1ccc(S(=O)(=O)C(CCCCc2ccccc2)CC(=O)NO)cc1OCCCc1ccncc1. The highest BCUT2D eigenvalue weighted by molar-refractivity contribution is 7.92. The molecule has 1 unspecified atom stereocenters. The number of benzene rings is 2. The summed E-state index contributed by atoms with van der Waals surface area (Å²) in [5.41, 5.74) is 3.88. The van der Waals surface area contributed by atoms with Crippen molar-refractivity contribution in [3.05, 3.63) is 84.2 Å². The molecule has 1 aromatic heterocycles. The second kappa shape index (κ2) is 14.3. The van der Waals surface area contributed by atoms with Gasteiger partial charge < -0.3 is 9.47 Å². The number of carbonyl (C=O) groups excluding carboxylic acids is 1. The fourth-order valence-electron chi connectivity index (χ4n) is 4.11. The van der Waals surface area contributed by atoms with Crippen molar-refractivity contribution in [1.82, 2.24) is 10.5 Å². The zero-order chi connectivity index (χ0) is 26.5. The van der Waals surface area contributed by atoms with E-state index in [0.717, 1.165) is 31.2 Å². The second-order valence-electron chi connectivity index (χ2n) is 8.76. The Hall–Kier alpha value is -3.43. The van der Waals surface area contributed by atoms with E-state index in [2.05, 4.69) is 4.98 Å². The summed E-state index contributed by atoms with van der Waals surface area (Å²) in [4.78, 5) is 16.0. The van der Waals surface area contributed by atoms with Crippen molar-refractivity contribution in [2.45, 2.75) is 55.1 Å². The molecule has 0 radical (unpaired) electrons. The van der Waals surface area contributed by atoms with Crippen molar-refractivity contribution < 1.29 is 27.9 Å². The van der Waals surface area contributed by atoms with Crippen LogP contribution in [0.5, 0.6) is 11.5 Å². The lowest BCUT2D eigenvalue weighted by Crippen LogP contribution is -2.30. The summed E-state index contributed by atoms with van der Waals surface area (Å²) in [5, 5.41) is 8.04. The van der Waals surface area contributed by atoms with Crippen molar-refractivity contribution in [3.63, 3.8) is 0 Å². The minimum absolute atomic E-state index is 0.0521. The number of hydrogen-bond acceptors (Lipinski definition) is 7. The maximum absolute atomic E-state index is 13.6. The number of amides is 1. The van der Waals surface area contributed by atoms with Gasteiger partial charge in [-0.15, -0.1) is 0 Å². The topological polar surface area (TPSA) is 115 Å². The van der Waals surface area contributed by atoms with Crippen LogP contribution in [0.1, 0.15) is 43.2 Å². The number of hydrogen-bond donors (Lipinski definition) is 2. The Labute approximate surface area is 218 Å². The first kappa shape index (κ1) is 28.1. The number of sulfone groups is 1. The molecule has 3 rings (SSSR count). The molecule has 2 aromatic carbocycles. The van der Waals surface area contributed by atoms with E-state index in [1.165, 1.54) is 24.8 Å². The summed E-state index contributed by atoms with van der Waals surface area (Å²) >= 11 is 0. The Morgan fingerprint density at radius 2 is 1.65 bits per heavy atom. The van der Waals surface area contributed by atoms with Gasteiger partial charge in [-0.05, 0) is 67.5 Å². The van der Waals surface area contributed by atoms with Gasteiger partial charge in [-0.3, -0.25) is 15.0 Å². The van der Waals surface area contributed by atoms with Gasteiger partial charge in [0.2, 0.25) is 5.91 Å². The Bertz CT molecular complexity index is 1220. The zero-order valence-electron chi connectivity index (χ0n) is 21.0. The average molecular weight is 527 g/mol. The van der Waals surface area contributed by atoms with E-state index >= 15 is 0 Å². The molecule has 9 heteroatoms. The number of rotatable bonds is 15. The normalized spacial score (nSPS) is 12.1. The molecule has 0 aliphatic carbocycles. The first-order valence-corrected chi connectivity index (χ1v) is 13.9. The number of aromatic nitrogens is 1. The van der Waals surface area contributed by atoms with Crippen LogP contribution in [-0.4, -0.2) is 43.5 Å². The van der Waals surface area contributed by atoms with E-state index in [0.29, 0.717) is 24.5 Å². The van der Waals surface area contributed by atoms with Gasteiger partial charge in [-0.2, -0.15) is 0 Å². The number of aryl methyl sites for hydroxylation is 2. The maximum Gasteiger partial charge on any atom is 0.244 e. The van der Waals surface area contributed by atoms with Gasteiger partial charge in [0.05, 0.1) is 23.9 Å². The van der Waals surface area contributed by atoms with Crippen LogP contribution in [0, 0.1) is 0 Å². The zero-order valence-corrected chi connectivity index (χ0v) is 21.8. The third-order valence-corrected chi connectivity index (χ3v) is 8.33. The van der Waals surface area contributed by atoms with Gasteiger partial charge in [0.25, 0.3) is 0 Å². The molecule has 8 nitrogen and oxygen atoms in total. The lowest BCUT2D eigenvalue weighted by atomic mass is 10.1. The van der Waals surface area contributed by atoms with E-state index in [4.69, 9.17) is 14.7 Å². The molecular weight excluding hydrogens is 492 g/mol. The molecule has 0 spiro atoms. The number of ether oxygens (including phenoxy) is 2. The second-order valence-corrected chi connectivity index (χ2v) is 11.0. The lowest BCUT2D eigenvalue weighted by molar-refractivity contribution is -0.129. The van der Waals surface area contributed by atoms with Crippen LogP contribution in [0.15, 0.2) is 78.0 Å². The number of nitrogens with one attached hydrogen (secondary N) is 1. The molecule has 37 heavy (non-hydrogen) atoms. The minimum Gasteiger partial charge on any atom is -0.493 e. The lowest BCUT2D eigenvalue weighted by Gasteiger charge is -2.18. The molecule has 0 aliphatic rings. The Morgan fingerprint density at radius 3 is 2.35 bits per heavy atom. The van der Waals surface area contributed by atoms with Gasteiger partial charge in [0, 0.05) is 24.9 Å². The Balaban J connectivity index is 1.68. The number of pyridine rings is 1. The number of hydroxylamine groups is 1. The number of methoxy groups -OCH3 is 1. The molecule has 1 heterocycles. The molecule has 2 N–H and O–H groups in total. The summed E-state index contributed by atoms with van der Waals surface area (Å²) < 4.78 is 38.4. The molecule has 0 saturated carbocycles. The van der Waals surface area contributed by atoms with Crippen molar-refractivity contribution in [3.8, 4) is 11.5 Å². The van der Waals surface area contributed by atoms with Crippen LogP contribution in [-0.2, 0) is 27.5 Å². The number of nitrogens with zero attached hydrogens (tertiary/aromatic N) is 1. The fourth-order valence-corrected chi connectivity index (χ4v) is 5.87. The summed E-state index contributed by atoms with van der Waals surface area (Å²) in [6, 6.07) is 18.3. The van der Waals surface area contributed by atoms with Gasteiger partial charge in [-0.25, -0.2) is 13.9 Å². The van der Waals surface area contributed by atoms with Crippen molar-refractivity contribution in [2.75, 3.05) is 13.7 Å².